The summed E-state index contributed by atoms with van der Waals surface area (Å²) in [4.78, 5) is 14.2. The molecule has 1 amide bonds. The van der Waals surface area contributed by atoms with E-state index in [4.69, 9.17) is 11.6 Å². The summed E-state index contributed by atoms with van der Waals surface area (Å²) in [7, 11) is 1.77. The van der Waals surface area contributed by atoms with Crippen molar-refractivity contribution in [2.24, 2.45) is 0 Å². The maximum absolute atomic E-state index is 12.5. The van der Waals surface area contributed by atoms with E-state index in [-0.39, 0.29) is 5.91 Å². The van der Waals surface area contributed by atoms with Crippen molar-refractivity contribution >= 4 is 17.5 Å². The zero-order valence-electron chi connectivity index (χ0n) is 12.7. The highest BCUT2D eigenvalue weighted by molar-refractivity contribution is 6.33. The number of benzene rings is 2. The highest BCUT2D eigenvalue weighted by atomic mass is 35.5. The summed E-state index contributed by atoms with van der Waals surface area (Å²) < 4.78 is 0. The molecule has 0 aliphatic carbocycles. The first-order valence-electron chi connectivity index (χ1n) is 7.25. The predicted octanol–water partition coefficient (Wildman–Crippen LogP) is 4.00. The van der Waals surface area contributed by atoms with E-state index in [2.05, 4.69) is 10.2 Å². The Bertz CT molecular complexity index is 814. The van der Waals surface area contributed by atoms with Crippen molar-refractivity contribution in [1.29, 1.82) is 0 Å². The van der Waals surface area contributed by atoms with Gasteiger partial charge in [0.15, 0.2) is 0 Å². The van der Waals surface area contributed by atoms with Crippen LogP contribution in [0.2, 0.25) is 5.02 Å². The fraction of sp³-hybridized carbons (Fsp3) is 0.111. The van der Waals surface area contributed by atoms with Gasteiger partial charge in [0.05, 0.1) is 10.7 Å². The minimum absolute atomic E-state index is 0.111. The van der Waals surface area contributed by atoms with E-state index in [1.54, 1.807) is 24.1 Å². The summed E-state index contributed by atoms with van der Waals surface area (Å²) in [5.74, 6) is -0.111. The van der Waals surface area contributed by atoms with Crippen molar-refractivity contribution in [3.8, 4) is 11.3 Å². The van der Waals surface area contributed by atoms with Crippen LogP contribution >= 0.6 is 11.6 Å². The summed E-state index contributed by atoms with van der Waals surface area (Å²) in [6, 6.07) is 19.0. The molecule has 23 heavy (non-hydrogen) atoms. The number of aromatic amines is 1. The van der Waals surface area contributed by atoms with Gasteiger partial charge in [0, 0.05) is 19.2 Å². The van der Waals surface area contributed by atoms with Crippen LogP contribution in [0.4, 0.5) is 0 Å². The largest absolute Gasteiger partial charge is 0.336 e. The van der Waals surface area contributed by atoms with E-state index < -0.39 is 0 Å². The van der Waals surface area contributed by atoms with Crippen LogP contribution < -0.4 is 0 Å². The van der Waals surface area contributed by atoms with Crippen LogP contribution in [-0.2, 0) is 6.54 Å². The topological polar surface area (TPSA) is 49.0 Å². The van der Waals surface area contributed by atoms with E-state index >= 15 is 0 Å². The van der Waals surface area contributed by atoms with Crippen molar-refractivity contribution in [1.82, 2.24) is 15.1 Å². The van der Waals surface area contributed by atoms with Gasteiger partial charge in [0.25, 0.3) is 5.91 Å². The average Bonchev–Trinajstić information content (AvgIpc) is 3.05. The Hall–Kier alpha value is -2.59. The van der Waals surface area contributed by atoms with Crippen LogP contribution in [-0.4, -0.2) is 28.1 Å². The van der Waals surface area contributed by atoms with E-state index in [0.717, 1.165) is 11.1 Å². The highest BCUT2D eigenvalue weighted by Crippen LogP contribution is 2.26. The number of hydrogen-bond acceptors (Lipinski definition) is 2. The van der Waals surface area contributed by atoms with Gasteiger partial charge in [-0.25, -0.2) is 0 Å². The molecule has 0 saturated carbocycles. The van der Waals surface area contributed by atoms with Crippen LogP contribution in [0.5, 0.6) is 0 Å². The van der Waals surface area contributed by atoms with Crippen molar-refractivity contribution in [2.45, 2.75) is 6.54 Å². The maximum Gasteiger partial charge on any atom is 0.271 e. The second-order valence-corrected chi connectivity index (χ2v) is 5.70. The first-order valence-corrected chi connectivity index (χ1v) is 7.62. The third-order valence-electron chi connectivity index (χ3n) is 3.57. The molecule has 1 heterocycles. The molecule has 5 heteroatoms. The average molecular weight is 326 g/mol. The maximum atomic E-state index is 12.5. The number of carbonyl (C=O) groups is 1. The zero-order valence-corrected chi connectivity index (χ0v) is 13.4. The smallest absolute Gasteiger partial charge is 0.271 e. The second kappa shape index (κ2) is 6.67. The van der Waals surface area contributed by atoms with Gasteiger partial charge in [-0.15, -0.1) is 0 Å². The monoisotopic (exact) mass is 325 g/mol. The number of carbonyl (C=O) groups excluding carboxylic acids is 1. The number of hydrogen-bond donors (Lipinski definition) is 1. The van der Waals surface area contributed by atoms with Crippen LogP contribution in [0.1, 0.15) is 16.1 Å². The van der Waals surface area contributed by atoms with Crippen molar-refractivity contribution in [3.63, 3.8) is 0 Å². The molecule has 1 aromatic heterocycles. The van der Waals surface area contributed by atoms with Crippen molar-refractivity contribution in [3.05, 3.63) is 76.9 Å². The molecule has 0 atom stereocenters. The summed E-state index contributed by atoms with van der Waals surface area (Å²) in [6.45, 7) is 0.542. The summed E-state index contributed by atoms with van der Waals surface area (Å²) in [5.41, 5.74) is 2.98. The van der Waals surface area contributed by atoms with Crippen LogP contribution in [0.25, 0.3) is 11.3 Å². The summed E-state index contributed by atoms with van der Waals surface area (Å²) in [6.07, 6.45) is 0. The molecule has 0 fully saturated rings. The Morgan fingerprint density at radius 3 is 2.57 bits per heavy atom. The van der Waals surface area contributed by atoms with Gasteiger partial charge < -0.3 is 4.90 Å². The van der Waals surface area contributed by atoms with E-state index in [1.165, 1.54) is 0 Å². The number of halogens is 1. The normalized spacial score (nSPS) is 10.5. The fourth-order valence-electron chi connectivity index (χ4n) is 2.37. The number of nitrogens with one attached hydrogen (secondary N) is 1. The molecule has 3 aromatic rings. The van der Waals surface area contributed by atoms with Crippen LogP contribution in [0.3, 0.4) is 0 Å². The Kier molecular flexibility index (Phi) is 4.44. The van der Waals surface area contributed by atoms with E-state index in [0.29, 0.717) is 23.0 Å². The van der Waals surface area contributed by atoms with Gasteiger partial charge in [-0.2, -0.15) is 5.10 Å². The van der Waals surface area contributed by atoms with Crippen molar-refractivity contribution in [2.75, 3.05) is 7.05 Å². The molecule has 4 nitrogen and oxygen atoms in total. The van der Waals surface area contributed by atoms with E-state index in [9.17, 15) is 4.79 Å². The van der Waals surface area contributed by atoms with Gasteiger partial charge in [-0.1, -0.05) is 60.1 Å². The lowest BCUT2D eigenvalue weighted by molar-refractivity contribution is 0.0779. The summed E-state index contributed by atoms with van der Waals surface area (Å²) in [5, 5.41) is 7.61. The molecule has 0 aliphatic rings. The molecular formula is C18H16ClN3O. The molecule has 0 saturated heterocycles. The highest BCUT2D eigenvalue weighted by Gasteiger charge is 2.16. The summed E-state index contributed by atoms with van der Waals surface area (Å²) >= 11 is 6.17. The van der Waals surface area contributed by atoms with E-state index in [1.807, 2.05) is 48.5 Å². The molecule has 0 unspecified atom stereocenters. The molecule has 0 aliphatic heterocycles. The molecule has 2 aromatic carbocycles. The van der Waals surface area contributed by atoms with Crippen LogP contribution in [0, 0.1) is 0 Å². The van der Waals surface area contributed by atoms with Gasteiger partial charge in [0.1, 0.15) is 5.69 Å². The number of amides is 1. The third-order valence-corrected chi connectivity index (χ3v) is 3.90. The number of rotatable bonds is 4. The minimum atomic E-state index is -0.111. The first kappa shape index (κ1) is 15.3. The standard InChI is InChI=1S/C18H16ClN3O/c1-22(12-13-7-3-2-4-8-13)18(23)17-11-16(20-21-17)14-9-5-6-10-15(14)19/h2-11H,12H2,1H3,(H,20,21). The lowest BCUT2D eigenvalue weighted by Crippen LogP contribution is -2.26. The van der Waals surface area contributed by atoms with Gasteiger partial charge in [0.2, 0.25) is 0 Å². The molecule has 0 spiro atoms. The SMILES string of the molecule is CN(Cc1ccccc1)C(=O)c1cc(-c2ccccc2Cl)n[nH]1. The number of aromatic nitrogens is 2. The molecule has 3 rings (SSSR count). The predicted molar refractivity (Wildman–Crippen MR) is 91.3 cm³/mol. The first-order chi connectivity index (χ1) is 11.1. The van der Waals surface area contributed by atoms with Gasteiger partial charge in [-0.05, 0) is 17.7 Å². The van der Waals surface area contributed by atoms with Crippen LogP contribution in [0.15, 0.2) is 60.7 Å². The third kappa shape index (κ3) is 3.43. The quantitative estimate of drug-likeness (QED) is 0.788. The lowest BCUT2D eigenvalue weighted by Gasteiger charge is -2.16. The lowest BCUT2D eigenvalue weighted by atomic mass is 10.1. The molecule has 1 N–H and O–H groups in total. The molecule has 116 valence electrons. The Morgan fingerprint density at radius 1 is 1.13 bits per heavy atom. The molecular weight excluding hydrogens is 310 g/mol. The van der Waals surface area contributed by atoms with Crippen molar-refractivity contribution < 1.29 is 4.79 Å². The minimum Gasteiger partial charge on any atom is -0.336 e. The Morgan fingerprint density at radius 2 is 1.83 bits per heavy atom. The number of nitrogens with zero attached hydrogens (tertiary/aromatic N) is 2. The molecule has 0 radical (unpaired) electrons. The second-order valence-electron chi connectivity index (χ2n) is 5.29. The number of H-pyrrole nitrogens is 1. The fourth-order valence-corrected chi connectivity index (χ4v) is 2.61. The van der Waals surface area contributed by atoms with Gasteiger partial charge in [-0.3, -0.25) is 9.89 Å². The Balaban J connectivity index is 1.77. The van der Waals surface area contributed by atoms with Gasteiger partial charge >= 0.3 is 0 Å². The molecule has 0 bridgehead atoms. The zero-order chi connectivity index (χ0) is 16.2. The Labute approximate surface area is 139 Å².